The van der Waals surface area contributed by atoms with Gasteiger partial charge in [-0.05, 0) is 24.3 Å². The van der Waals surface area contributed by atoms with Crippen molar-refractivity contribution in [2.75, 3.05) is 5.73 Å². The molecule has 0 saturated heterocycles. The normalized spacial score (nSPS) is 10.8. The number of furan rings is 1. The van der Waals surface area contributed by atoms with Crippen LogP contribution < -0.4 is 10.5 Å². The van der Waals surface area contributed by atoms with Crippen molar-refractivity contribution in [1.82, 2.24) is 0 Å². The van der Waals surface area contributed by atoms with Crippen LogP contribution in [0.1, 0.15) is 0 Å². The fourth-order valence-corrected chi connectivity index (χ4v) is 1.97. The van der Waals surface area contributed by atoms with Gasteiger partial charge in [0.1, 0.15) is 17.1 Å². The molecule has 0 spiro atoms. The molecule has 0 aliphatic heterocycles. The van der Waals surface area contributed by atoms with E-state index in [1.54, 1.807) is 6.07 Å². The van der Waals surface area contributed by atoms with Crippen LogP contribution in [0.4, 0.5) is 10.3 Å². The van der Waals surface area contributed by atoms with E-state index in [1.807, 2.05) is 18.2 Å². The lowest BCUT2D eigenvalue weighted by atomic mass is 10.2. The zero-order valence-corrected chi connectivity index (χ0v) is 10.4. The van der Waals surface area contributed by atoms with Crippen molar-refractivity contribution < 1.29 is 13.5 Å². The molecule has 5 heteroatoms. The third-order valence-electron chi connectivity index (χ3n) is 2.69. The molecule has 2 N–H and O–H groups in total. The number of rotatable bonds is 2. The maximum atomic E-state index is 13.1. The van der Waals surface area contributed by atoms with Gasteiger partial charge in [-0.15, -0.1) is 0 Å². The Morgan fingerprint density at radius 1 is 1.16 bits per heavy atom. The number of benzene rings is 2. The predicted molar refractivity (Wildman–Crippen MR) is 72.1 cm³/mol. The summed E-state index contributed by atoms with van der Waals surface area (Å²) in [6.07, 6.45) is 0. The van der Waals surface area contributed by atoms with Gasteiger partial charge < -0.3 is 14.9 Å². The second-order valence-corrected chi connectivity index (χ2v) is 4.38. The van der Waals surface area contributed by atoms with E-state index in [0.29, 0.717) is 17.1 Å². The molecule has 0 fully saturated rings. The molecule has 0 aliphatic carbocycles. The van der Waals surface area contributed by atoms with Gasteiger partial charge in [-0.25, -0.2) is 4.39 Å². The van der Waals surface area contributed by atoms with E-state index in [0.717, 1.165) is 5.39 Å². The Morgan fingerprint density at radius 2 is 1.95 bits per heavy atom. The lowest BCUT2D eigenvalue weighted by Crippen LogP contribution is -1.89. The number of nitrogen functional groups attached to an aromatic ring is 1. The molecule has 0 bridgehead atoms. The number of para-hydroxylation sites is 1. The molecule has 3 rings (SSSR count). The first kappa shape index (κ1) is 11.9. The van der Waals surface area contributed by atoms with Gasteiger partial charge in [0.05, 0.1) is 10.4 Å². The molecule has 3 nitrogen and oxygen atoms in total. The topological polar surface area (TPSA) is 48.4 Å². The molecule has 19 heavy (non-hydrogen) atoms. The molecule has 1 heterocycles. The number of hydrogen-bond donors (Lipinski definition) is 1. The van der Waals surface area contributed by atoms with Crippen LogP contribution in [0.15, 0.2) is 46.9 Å². The highest BCUT2D eigenvalue weighted by molar-refractivity contribution is 6.30. The molecule has 96 valence electrons. The van der Waals surface area contributed by atoms with E-state index in [4.69, 9.17) is 26.5 Å². The first-order chi connectivity index (χ1) is 9.15. The average molecular weight is 278 g/mol. The van der Waals surface area contributed by atoms with Crippen molar-refractivity contribution in [2.45, 2.75) is 0 Å². The second kappa shape index (κ2) is 4.48. The van der Waals surface area contributed by atoms with Crippen molar-refractivity contribution in [3.63, 3.8) is 0 Å². The Labute approximate surface area is 113 Å². The summed E-state index contributed by atoms with van der Waals surface area (Å²) in [6.45, 7) is 0. The number of hydrogen-bond acceptors (Lipinski definition) is 3. The fraction of sp³-hybridized carbons (Fsp3) is 0. The van der Waals surface area contributed by atoms with Crippen LogP contribution in [0.3, 0.4) is 0 Å². The van der Waals surface area contributed by atoms with E-state index in [2.05, 4.69) is 0 Å². The summed E-state index contributed by atoms with van der Waals surface area (Å²) in [6, 6.07) is 11.4. The molecule has 0 saturated carbocycles. The van der Waals surface area contributed by atoms with Crippen LogP contribution in [0.2, 0.25) is 5.02 Å². The smallest absolute Gasteiger partial charge is 0.234 e. The van der Waals surface area contributed by atoms with Crippen molar-refractivity contribution in [2.24, 2.45) is 0 Å². The molecule has 2 aromatic carbocycles. The van der Waals surface area contributed by atoms with Crippen molar-refractivity contribution >= 4 is 28.5 Å². The summed E-state index contributed by atoms with van der Waals surface area (Å²) >= 11 is 5.70. The Bertz CT molecular complexity index is 754. The van der Waals surface area contributed by atoms with Gasteiger partial charge in [0, 0.05) is 6.07 Å². The van der Waals surface area contributed by atoms with Gasteiger partial charge in [0.2, 0.25) is 5.88 Å². The highest BCUT2D eigenvalue weighted by atomic mass is 35.5. The Morgan fingerprint density at radius 3 is 2.74 bits per heavy atom. The highest BCUT2D eigenvalue weighted by Crippen LogP contribution is 2.38. The monoisotopic (exact) mass is 277 g/mol. The zero-order chi connectivity index (χ0) is 13.4. The lowest BCUT2D eigenvalue weighted by Gasteiger charge is -2.05. The second-order valence-electron chi connectivity index (χ2n) is 3.97. The third kappa shape index (κ3) is 2.11. The molecule has 3 aromatic rings. The highest BCUT2D eigenvalue weighted by Gasteiger charge is 2.14. The van der Waals surface area contributed by atoms with Crippen LogP contribution in [0.25, 0.3) is 11.0 Å². The van der Waals surface area contributed by atoms with E-state index in [-0.39, 0.29) is 10.9 Å². The minimum atomic E-state index is -0.501. The molecule has 0 amide bonds. The minimum Gasteiger partial charge on any atom is -0.451 e. The SMILES string of the molecule is Nc1oc2ccccc2c1Oc1ccc(F)c(Cl)c1. The number of nitrogens with two attached hydrogens (primary N) is 1. The van der Waals surface area contributed by atoms with Crippen LogP contribution in [0, 0.1) is 5.82 Å². The summed E-state index contributed by atoms with van der Waals surface area (Å²) in [5.41, 5.74) is 6.40. The van der Waals surface area contributed by atoms with E-state index < -0.39 is 5.82 Å². The van der Waals surface area contributed by atoms with Crippen LogP contribution in [-0.2, 0) is 0 Å². The van der Waals surface area contributed by atoms with Crippen molar-refractivity contribution in [3.8, 4) is 11.5 Å². The molecule has 0 aliphatic rings. The number of halogens is 2. The molecular formula is C14H9ClFNO2. The summed E-state index contributed by atoms with van der Waals surface area (Å²) < 4.78 is 24.1. The number of fused-ring (bicyclic) bond motifs is 1. The quantitative estimate of drug-likeness (QED) is 0.745. The summed E-state index contributed by atoms with van der Waals surface area (Å²) in [4.78, 5) is 0. The van der Waals surface area contributed by atoms with E-state index >= 15 is 0 Å². The van der Waals surface area contributed by atoms with Gasteiger partial charge in [-0.3, -0.25) is 0 Å². The summed E-state index contributed by atoms with van der Waals surface area (Å²) in [5, 5.41) is 0.740. The molecule has 1 aromatic heterocycles. The Balaban J connectivity index is 2.05. The Kier molecular flexibility index (Phi) is 2.80. The molecular weight excluding hydrogens is 269 g/mol. The minimum absolute atomic E-state index is 0.0103. The number of anilines is 1. The maximum Gasteiger partial charge on any atom is 0.234 e. The Hall–Kier alpha value is -2.20. The van der Waals surface area contributed by atoms with Crippen molar-refractivity contribution in [3.05, 3.63) is 53.3 Å². The van der Waals surface area contributed by atoms with Gasteiger partial charge in [0.25, 0.3) is 0 Å². The summed E-state index contributed by atoms with van der Waals surface area (Å²) in [7, 11) is 0. The van der Waals surface area contributed by atoms with E-state index in [1.165, 1.54) is 18.2 Å². The van der Waals surface area contributed by atoms with E-state index in [9.17, 15) is 4.39 Å². The molecule has 0 unspecified atom stereocenters. The van der Waals surface area contributed by atoms with Gasteiger partial charge >= 0.3 is 0 Å². The van der Waals surface area contributed by atoms with Crippen LogP contribution in [-0.4, -0.2) is 0 Å². The van der Waals surface area contributed by atoms with Gasteiger partial charge in [-0.1, -0.05) is 23.7 Å². The predicted octanol–water partition coefficient (Wildman–Crippen LogP) is 4.60. The van der Waals surface area contributed by atoms with Crippen molar-refractivity contribution in [1.29, 1.82) is 0 Å². The van der Waals surface area contributed by atoms with Crippen LogP contribution >= 0.6 is 11.6 Å². The maximum absolute atomic E-state index is 13.1. The number of ether oxygens (including phenoxy) is 1. The average Bonchev–Trinajstić information content (AvgIpc) is 2.71. The third-order valence-corrected chi connectivity index (χ3v) is 2.98. The fourth-order valence-electron chi connectivity index (χ4n) is 1.80. The standard InChI is InChI=1S/C14H9ClFNO2/c15-10-7-8(5-6-11(10)16)18-13-9-3-1-2-4-12(9)19-14(13)17/h1-7H,17H2. The lowest BCUT2D eigenvalue weighted by molar-refractivity contribution is 0.477. The molecule has 0 atom stereocenters. The largest absolute Gasteiger partial charge is 0.451 e. The van der Waals surface area contributed by atoms with Gasteiger partial charge in [-0.2, -0.15) is 0 Å². The first-order valence-electron chi connectivity index (χ1n) is 5.55. The summed E-state index contributed by atoms with van der Waals surface area (Å²) in [5.74, 6) is 0.462. The molecule has 0 radical (unpaired) electrons. The first-order valence-corrected chi connectivity index (χ1v) is 5.93. The zero-order valence-electron chi connectivity index (χ0n) is 9.69. The van der Waals surface area contributed by atoms with Gasteiger partial charge in [0.15, 0.2) is 5.75 Å². The van der Waals surface area contributed by atoms with Crippen LogP contribution in [0.5, 0.6) is 11.5 Å².